The molecule has 0 aliphatic rings. The van der Waals surface area contributed by atoms with Crippen molar-refractivity contribution in [1.29, 1.82) is 0 Å². The van der Waals surface area contributed by atoms with Crippen LogP contribution in [0.25, 0.3) is 0 Å². The Morgan fingerprint density at radius 1 is 1.47 bits per heavy atom. The molecule has 0 saturated carbocycles. The lowest BCUT2D eigenvalue weighted by Gasteiger charge is -2.25. The van der Waals surface area contributed by atoms with Gasteiger partial charge in [0.25, 0.3) is 5.91 Å². The fourth-order valence-electron chi connectivity index (χ4n) is 1.34. The van der Waals surface area contributed by atoms with E-state index >= 15 is 0 Å². The number of halogens is 2. The summed E-state index contributed by atoms with van der Waals surface area (Å²) in [4.78, 5) is 11.8. The molecule has 0 radical (unpaired) electrons. The van der Waals surface area contributed by atoms with E-state index in [1.54, 1.807) is 0 Å². The molecule has 1 heterocycles. The maximum atomic E-state index is 11.8. The molecule has 17 heavy (non-hydrogen) atoms. The van der Waals surface area contributed by atoms with Gasteiger partial charge in [-0.15, -0.1) is 11.3 Å². The van der Waals surface area contributed by atoms with Crippen LogP contribution in [0, 0.1) is 0 Å². The lowest BCUT2D eigenvalue weighted by Crippen LogP contribution is -2.42. The summed E-state index contributed by atoms with van der Waals surface area (Å²) in [6.45, 7) is 3.97. The molecule has 0 spiro atoms. The van der Waals surface area contributed by atoms with Gasteiger partial charge in [0.05, 0.1) is 15.5 Å². The second-order valence-corrected chi connectivity index (χ2v) is 6.14. The molecule has 0 atom stereocenters. The number of hydrogen-bond donors (Lipinski definition) is 2. The van der Waals surface area contributed by atoms with Gasteiger partial charge in [-0.25, -0.2) is 0 Å². The largest absolute Gasteiger partial charge is 0.388 e. The second kappa shape index (κ2) is 6.05. The molecule has 3 nitrogen and oxygen atoms in total. The minimum absolute atomic E-state index is 0.211. The zero-order valence-corrected chi connectivity index (χ0v) is 12.0. The number of thiophene rings is 1. The predicted octanol–water partition coefficient (Wildman–Crippen LogP) is 3.34. The van der Waals surface area contributed by atoms with Crippen LogP contribution in [-0.4, -0.2) is 23.2 Å². The van der Waals surface area contributed by atoms with Gasteiger partial charge in [-0.1, -0.05) is 37.0 Å². The van der Waals surface area contributed by atoms with E-state index in [4.69, 9.17) is 23.2 Å². The first-order valence-electron chi connectivity index (χ1n) is 5.37. The average molecular weight is 296 g/mol. The van der Waals surface area contributed by atoms with Gasteiger partial charge in [0.2, 0.25) is 0 Å². The average Bonchev–Trinajstić information content (AvgIpc) is 2.65. The quantitative estimate of drug-likeness (QED) is 0.875. The first-order chi connectivity index (χ1) is 7.91. The predicted molar refractivity (Wildman–Crippen MR) is 72.2 cm³/mol. The standard InChI is InChI=1S/C11H15Cl2NO2S/c1-3-11(16,4-2)6-14-10(15)7-5-8(12)17-9(7)13/h5,16H,3-4,6H2,1-2H3,(H,14,15). The van der Waals surface area contributed by atoms with Gasteiger partial charge in [-0.05, 0) is 18.9 Å². The zero-order chi connectivity index (χ0) is 13.1. The summed E-state index contributed by atoms with van der Waals surface area (Å²) in [5.41, 5.74) is -0.502. The number of rotatable bonds is 5. The molecule has 2 N–H and O–H groups in total. The molecule has 0 aliphatic heterocycles. The molecule has 1 rings (SSSR count). The molecule has 0 aromatic carbocycles. The molecule has 0 aliphatic carbocycles. The SMILES string of the molecule is CCC(O)(CC)CNC(=O)c1cc(Cl)sc1Cl. The number of hydrogen-bond acceptors (Lipinski definition) is 3. The van der Waals surface area contributed by atoms with E-state index in [0.29, 0.717) is 27.1 Å². The molecule has 0 bridgehead atoms. The summed E-state index contributed by atoms with van der Waals surface area (Å²) in [5, 5.41) is 12.7. The number of aliphatic hydroxyl groups is 1. The van der Waals surface area contributed by atoms with Gasteiger partial charge in [0.15, 0.2) is 0 Å². The third-order valence-corrected chi connectivity index (χ3v) is 4.28. The van der Waals surface area contributed by atoms with Crippen LogP contribution in [0.4, 0.5) is 0 Å². The van der Waals surface area contributed by atoms with E-state index in [-0.39, 0.29) is 12.5 Å². The summed E-state index contributed by atoms with van der Waals surface area (Å²) >= 11 is 12.8. The van der Waals surface area contributed by atoms with Crippen LogP contribution in [0.1, 0.15) is 37.0 Å². The lowest BCUT2D eigenvalue weighted by molar-refractivity contribution is 0.0314. The van der Waals surface area contributed by atoms with Crippen LogP contribution in [0.2, 0.25) is 8.67 Å². The molecule has 0 unspecified atom stereocenters. The van der Waals surface area contributed by atoms with E-state index < -0.39 is 5.60 Å². The van der Waals surface area contributed by atoms with Crippen molar-refractivity contribution in [1.82, 2.24) is 5.32 Å². The van der Waals surface area contributed by atoms with E-state index in [9.17, 15) is 9.90 Å². The monoisotopic (exact) mass is 295 g/mol. The Balaban J connectivity index is 2.65. The van der Waals surface area contributed by atoms with Gasteiger partial charge < -0.3 is 10.4 Å². The minimum Gasteiger partial charge on any atom is -0.388 e. The van der Waals surface area contributed by atoms with Crippen molar-refractivity contribution < 1.29 is 9.90 Å². The van der Waals surface area contributed by atoms with Crippen molar-refractivity contribution in [3.8, 4) is 0 Å². The molecule has 1 aromatic rings. The summed E-state index contributed by atoms with van der Waals surface area (Å²) in [6.07, 6.45) is 1.17. The van der Waals surface area contributed by atoms with Crippen molar-refractivity contribution in [2.45, 2.75) is 32.3 Å². The zero-order valence-electron chi connectivity index (χ0n) is 9.72. The first-order valence-corrected chi connectivity index (χ1v) is 6.94. The minimum atomic E-state index is -0.859. The molecule has 0 saturated heterocycles. The van der Waals surface area contributed by atoms with E-state index in [0.717, 1.165) is 11.3 Å². The van der Waals surface area contributed by atoms with Crippen molar-refractivity contribution in [3.05, 3.63) is 20.3 Å². The summed E-state index contributed by atoms with van der Waals surface area (Å²) in [6, 6.07) is 1.53. The van der Waals surface area contributed by atoms with Crippen molar-refractivity contribution >= 4 is 40.4 Å². The van der Waals surface area contributed by atoms with E-state index in [2.05, 4.69) is 5.32 Å². The van der Waals surface area contributed by atoms with Crippen LogP contribution < -0.4 is 5.32 Å². The van der Waals surface area contributed by atoms with Crippen molar-refractivity contribution in [3.63, 3.8) is 0 Å². The normalized spacial score (nSPS) is 11.6. The van der Waals surface area contributed by atoms with Gasteiger partial charge in [0, 0.05) is 6.54 Å². The van der Waals surface area contributed by atoms with Crippen molar-refractivity contribution in [2.24, 2.45) is 0 Å². The van der Waals surface area contributed by atoms with E-state index in [1.807, 2.05) is 13.8 Å². The Morgan fingerprint density at radius 2 is 2.06 bits per heavy atom. The summed E-state index contributed by atoms with van der Waals surface area (Å²) in [5.74, 6) is -0.307. The Labute approximate surface area is 115 Å². The Kier molecular flexibility index (Phi) is 5.25. The maximum Gasteiger partial charge on any atom is 0.253 e. The first kappa shape index (κ1) is 14.8. The molecular weight excluding hydrogens is 281 g/mol. The molecule has 1 amide bonds. The van der Waals surface area contributed by atoms with Gasteiger partial charge in [-0.2, -0.15) is 0 Å². The Morgan fingerprint density at radius 3 is 2.47 bits per heavy atom. The smallest absolute Gasteiger partial charge is 0.253 e. The van der Waals surface area contributed by atoms with Crippen LogP contribution in [-0.2, 0) is 0 Å². The van der Waals surface area contributed by atoms with Crippen LogP contribution in [0.15, 0.2) is 6.07 Å². The third kappa shape index (κ3) is 3.85. The fourth-order valence-corrected chi connectivity index (χ4v) is 2.79. The number of carbonyl (C=O) groups excluding carboxylic acids is 1. The molecule has 6 heteroatoms. The Hall–Kier alpha value is -0.290. The highest BCUT2D eigenvalue weighted by molar-refractivity contribution is 7.20. The number of amides is 1. The third-order valence-electron chi connectivity index (χ3n) is 2.80. The van der Waals surface area contributed by atoms with Gasteiger partial charge >= 0.3 is 0 Å². The van der Waals surface area contributed by atoms with E-state index in [1.165, 1.54) is 6.07 Å². The fraction of sp³-hybridized carbons (Fsp3) is 0.545. The number of carbonyl (C=O) groups is 1. The Bertz CT molecular complexity index is 402. The van der Waals surface area contributed by atoms with Gasteiger partial charge in [0.1, 0.15) is 4.34 Å². The molecule has 1 aromatic heterocycles. The molecular formula is C11H15Cl2NO2S. The highest BCUT2D eigenvalue weighted by Gasteiger charge is 2.24. The number of nitrogens with one attached hydrogen (secondary N) is 1. The molecule has 0 fully saturated rings. The van der Waals surface area contributed by atoms with Gasteiger partial charge in [-0.3, -0.25) is 4.79 Å². The highest BCUT2D eigenvalue weighted by Crippen LogP contribution is 2.31. The topological polar surface area (TPSA) is 49.3 Å². The maximum absolute atomic E-state index is 11.8. The van der Waals surface area contributed by atoms with Crippen molar-refractivity contribution in [2.75, 3.05) is 6.54 Å². The lowest BCUT2D eigenvalue weighted by atomic mass is 9.97. The highest BCUT2D eigenvalue weighted by atomic mass is 35.5. The second-order valence-electron chi connectivity index (χ2n) is 3.85. The summed E-state index contributed by atoms with van der Waals surface area (Å²) in [7, 11) is 0. The molecule has 96 valence electrons. The summed E-state index contributed by atoms with van der Waals surface area (Å²) < 4.78 is 0.838. The van der Waals surface area contributed by atoms with Crippen LogP contribution >= 0.6 is 34.5 Å². The van der Waals surface area contributed by atoms with Crippen LogP contribution in [0.3, 0.4) is 0 Å². The van der Waals surface area contributed by atoms with Crippen LogP contribution in [0.5, 0.6) is 0 Å².